The number of amides is 1. The number of nitrogens with zero attached hydrogens (tertiary/aromatic N) is 3. The van der Waals surface area contributed by atoms with Gasteiger partial charge in [0.05, 0.1) is 16.6 Å². The number of benzene rings is 2. The maximum Gasteiger partial charge on any atom is 0.335 e. The van der Waals surface area contributed by atoms with Crippen LogP contribution in [0.3, 0.4) is 0 Å². The van der Waals surface area contributed by atoms with E-state index in [1.807, 2.05) is 6.92 Å². The number of anilines is 1. The monoisotopic (exact) mass is 445 g/mol. The molecule has 8 nitrogen and oxygen atoms in total. The Kier molecular flexibility index (Phi) is 5.74. The van der Waals surface area contributed by atoms with Gasteiger partial charge in [-0.2, -0.15) is 0 Å². The molecule has 1 heterocycles. The van der Waals surface area contributed by atoms with Crippen LogP contribution in [0.5, 0.6) is 5.75 Å². The number of aromatic carboxylic acids is 1. The average Bonchev–Trinajstić information content (AvgIpc) is 3.19. The molecule has 0 bridgehead atoms. The molecule has 0 radical (unpaired) electrons. The smallest absolute Gasteiger partial charge is 0.335 e. The lowest BCUT2D eigenvalue weighted by Crippen LogP contribution is -2.26. The predicted molar refractivity (Wildman–Crippen MR) is 105 cm³/mol. The third-order valence-electron chi connectivity index (χ3n) is 3.89. The minimum absolute atomic E-state index is 0.130. The molecule has 0 unspecified atom stereocenters. The summed E-state index contributed by atoms with van der Waals surface area (Å²) in [5, 5.41) is 16.7. The van der Waals surface area contributed by atoms with Crippen molar-refractivity contribution < 1.29 is 23.8 Å². The second-order valence-electron chi connectivity index (χ2n) is 5.71. The number of halogens is 1. The van der Waals surface area contributed by atoms with Crippen LogP contribution in [0.25, 0.3) is 11.5 Å². The van der Waals surface area contributed by atoms with Crippen molar-refractivity contribution >= 4 is 33.5 Å². The third kappa shape index (κ3) is 4.04. The zero-order valence-electron chi connectivity index (χ0n) is 15.0. The Hall–Kier alpha value is -3.20. The van der Waals surface area contributed by atoms with E-state index >= 15 is 0 Å². The highest BCUT2D eigenvalue weighted by atomic mass is 79.9. The van der Waals surface area contributed by atoms with E-state index in [1.165, 1.54) is 36.2 Å². The molecule has 0 atom stereocenters. The molecule has 3 aromatic rings. The number of ether oxygens (including phenoxy) is 1. The van der Waals surface area contributed by atoms with Crippen LogP contribution in [0.4, 0.5) is 5.69 Å². The van der Waals surface area contributed by atoms with Gasteiger partial charge in [0.15, 0.2) is 0 Å². The van der Waals surface area contributed by atoms with Crippen LogP contribution in [0.2, 0.25) is 0 Å². The van der Waals surface area contributed by atoms with Crippen LogP contribution in [-0.4, -0.2) is 40.8 Å². The maximum atomic E-state index is 12.6. The van der Waals surface area contributed by atoms with E-state index in [-0.39, 0.29) is 17.3 Å². The lowest BCUT2D eigenvalue weighted by atomic mass is 10.2. The molecule has 0 aliphatic heterocycles. The summed E-state index contributed by atoms with van der Waals surface area (Å²) < 4.78 is 11.8. The Labute approximate surface area is 168 Å². The van der Waals surface area contributed by atoms with Gasteiger partial charge in [-0.1, -0.05) is 0 Å². The van der Waals surface area contributed by atoms with E-state index in [9.17, 15) is 9.59 Å². The highest BCUT2D eigenvalue weighted by Crippen LogP contribution is 2.30. The fourth-order valence-electron chi connectivity index (χ4n) is 2.42. The SMILES string of the molecule is CCOc1cc(-c2nnc(C(=O)N(C)c3ccc(C(=O)O)cc3)o2)ccc1Br. The zero-order chi connectivity index (χ0) is 20.3. The zero-order valence-corrected chi connectivity index (χ0v) is 16.6. The van der Waals surface area contributed by atoms with Crippen LogP contribution < -0.4 is 9.64 Å². The lowest BCUT2D eigenvalue weighted by molar-refractivity contribution is 0.0696. The molecule has 0 fully saturated rings. The van der Waals surface area contributed by atoms with Gasteiger partial charge in [-0.15, -0.1) is 10.2 Å². The fourth-order valence-corrected chi connectivity index (χ4v) is 2.78. The molecule has 144 valence electrons. The first-order valence-corrected chi connectivity index (χ1v) is 9.07. The van der Waals surface area contributed by atoms with Crippen molar-refractivity contribution in [2.45, 2.75) is 6.92 Å². The predicted octanol–water partition coefficient (Wildman–Crippen LogP) is 3.87. The van der Waals surface area contributed by atoms with Gasteiger partial charge in [-0.25, -0.2) is 4.79 Å². The highest BCUT2D eigenvalue weighted by Gasteiger charge is 2.21. The Morgan fingerprint density at radius 3 is 2.54 bits per heavy atom. The normalized spacial score (nSPS) is 10.5. The number of carbonyl (C=O) groups excluding carboxylic acids is 1. The minimum atomic E-state index is -1.04. The van der Waals surface area contributed by atoms with Crippen molar-refractivity contribution in [3.05, 3.63) is 58.4 Å². The van der Waals surface area contributed by atoms with Gasteiger partial charge in [0.2, 0.25) is 5.89 Å². The molecule has 1 aromatic heterocycles. The first kappa shape index (κ1) is 19.6. The van der Waals surface area contributed by atoms with Crippen molar-refractivity contribution in [2.24, 2.45) is 0 Å². The summed E-state index contributed by atoms with van der Waals surface area (Å²) >= 11 is 3.40. The standard InChI is InChI=1S/C19H16BrN3O5/c1-3-27-15-10-12(6-9-14(15)20)16-21-22-17(28-16)18(24)23(2)13-7-4-11(5-8-13)19(25)26/h4-10H,3H2,1-2H3,(H,25,26). The Balaban J connectivity index is 1.82. The second-order valence-corrected chi connectivity index (χ2v) is 6.56. The molecular weight excluding hydrogens is 430 g/mol. The number of carbonyl (C=O) groups is 2. The van der Waals surface area contributed by atoms with Gasteiger partial charge >= 0.3 is 17.8 Å². The largest absolute Gasteiger partial charge is 0.493 e. The second kappa shape index (κ2) is 8.22. The van der Waals surface area contributed by atoms with Gasteiger partial charge in [0.1, 0.15) is 5.75 Å². The number of carboxylic acid groups (broad SMARTS) is 1. The van der Waals surface area contributed by atoms with Crippen molar-refractivity contribution in [3.8, 4) is 17.2 Å². The number of hydrogen-bond donors (Lipinski definition) is 1. The molecule has 1 N–H and O–H groups in total. The quantitative estimate of drug-likeness (QED) is 0.613. The lowest BCUT2D eigenvalue weighted by Gasteiger charge is -2.15. The maximum absolute atomic E-state index is 12.6. The molecule has 28 heavy (non-hydrogen) atoms. The summed E-state index contributed by atoms with van der Waals surface area (Å²) in [5.74, 6) is -0.916. The Morgan fingerprint density at radius 1 is 1.18 bits per heavy atom. The van der Waals surface area contributed by atoms with E-state index in [2.05, 4.69) is 26.1 Å². The molecule has 2 aromatic carbocycles. The molecule has 9 heteroatoms. The summed E-state index contributed by atoms with van der Waals surface area (Å²) in [4.78, 5) is 24.9. The number of carboxylic acids is 1. The number of rotatable bonds is 6. The van der Waals surface area contributed by atoms with E-state index in [1.54, 1.807) is 18.2 Å². The molecule has 1 amide bonds. The summed E-state index contributed by atoms with van der Waals surface area (Å²) in [6.07, 6.45) is 0. The van der Waals surface area contributed by atoms with E-state index in [4.69, 9.17) is 14.3 Å². The van der Waals surface area contributed by atoms with Gasteiger partial charge in [-0.05, 0) is 65.3 Å². The van der Waals surface area contributed by atoms with Gasteiger partial charge < -0.3 is 19.2 Å². The van der Waals surface area contributed by atoms with Crippen LogP contribution in [0.1, 0.15) is 28.0 Å². The fraction of sp³-hybridized carbons (Fsp3) is 0.158. The van der Waals surface area contributed by atoms with E-state index in [0.717, 1.165) is 4.47 Å². The van der Waals surface area contributed by atoms with Gasteiger partial charge in [0.25, 0.3) is 0 Å². The Morgan fingerprint density at radius 2 is 1.89 bits per heavy atom. The van der Waals surface area contributed by atoms with E-state index < -0.39 is 11.9 Å². The first-order valence-electron chi connectivity index (χ1n) is 8.28. The summed E-state index contributed by atoms with van der Waals surface area (Å²) in [6.45, 7) is 2.38. The molecule has 0 spiro atoms. The van der Waals surface area contributed by atoms with Crippen LogP contribution >= 0.6 is 15.9 Å². The van der Waals surface area contributed by atoms with Crippen molar-refractivity contribution in [1.82, 2.24) is 10.2 Å². The van der Waals surface area contributed by atoms with Gasteiger partial charge in [-0.3, -0.25) is 4.79 Å². The topological polar surface area (TPSA) is 106 Å². The van der Waals surface area contributed by atoms with Crippen molar-refractivity contribution in [2.75, 3.05) is 18.6 Å². The molecule has 0 saturated heterocycles. The van der Waals surface area contributed by atoms with Crippen molar-refractivity contribution in [1.29, 1.82) is 0 Å². The number of hydrogen-bond acceptors (Lipinski definition) is 6. The molecule has 3 rings (SSSR count). The van der Waals surface area contributed by atoms with E-state index in [0.29, 0.717) is 23.6 Å². The Bertz CT molecular complexity index is 1020. The minimum Gasteiger partial charge on any atom is -0.493 e. The molecular formula is C19H16BrN3O5. The molecule has 0 saturated carbocycles. The number of aromatic nitrogens is 2. The summed E-state index contributed by atoms with van der Waals surface area (Å²) in [7, 11) is 1.54. The molecule has 0 aliphatic rings. The van der Waals surface area contributed by atoms with Gasteiger partial charge in [0, 0.05) is 18.3 Å². The van der Waals surface area contributed by atoms with Crippen LogP contribution in [-0.2, 0) is 0 Å². The average molecular weight is 446 g/mol. The summed E-state index contributed by atoms with van der Waals surface area (Å²) in [5.41, 5.74) is 1.24. The summed E-state index contributed by atoms with van der Waals surface area (Å²) in [6, 6.07) is 11.2. The van der Waals surface area contributed by atoms with Crippen LogP contribution in [0.15, 0.2) is 51.4 Å². The van der Waals surface area contributed by atoms with Crippen LogP contribution in [0, 0.1) is 0 Å². The van der Waals surface area contributed by atoms with Crippen molar-refractivity contribution in [3.63, 3.8) is 0 Å². The third-order valence-corrected chi connectivity index (χ3v) is 4.55. The molecule has 0 aliphatic carbocycles. The first-order chi connectivity index (χ1) is 13.4. The highest BCUT2D eigenvalue weighted by molar-refractivity contribution is 9.10.